The first-order valence-corrected chi connectivity index (χ1v) is 11.0. The molecule has 0 aromatic heterocycles. The van der Waals surface area contributed by atoms with Gasteiger partial charge >= 0.3 is 0 Å². The van der Waals surface area contributed by atoms with Crippen molar-refractivity contribution in [3.63, 3.8) is 0 Å². The molecule has 0 aliphatic carbocycles. The molecule has 4 rings (SSSR count). The van der Waals surface area contributed by atoms with Crippen LogP contribution in [0.15, 0.2) is 119 Å². The number of anilines is 2. The Morgan fingerprint density at radius 1 is 0.500 bits per heavy atom. The van der Waals surface area contributed by atoms with Crippen LogP contribution in [0.25, 0.3) is 0 Å². The van der Waals surface area contributed by atoms with Crippen LogP contribution in [0.1, 0.15) is 11.1 Å². The summed E-state index contributed by atoms with van der Waals surface area (Å²) < 4.78 is 11.5. The van der Waals surface area contributed by atoms with E-state index in [0.717, 1.165) is 34.0 Å². The highest BCUT2D eigenvalue weighted by molar-refractivity contribution is 5.81. The maximum Gasteiger partial charge on any atom is 0.122 e. The number of hydrogen-bond donors (Lipinski definition) is 2. The van der Waals surface area contributed by atoms with Gasteiger partial charge in [0, 0.05) is 0 Å². The number of benzene rings is 4. The SMILES string of the molecule is C(=NNc1ccccc1)c1ccc(OCCOc2ccc(C=NNc3ccccc3)cc2)cc1. The Kier molecular flexibility index (Phi) is 8.28. The second-order valence-electron chi connectivity index (χ2n) is 7.31. The Morgan fingerprint density at radius 3 is 1.26 bits per heavy atom. The summed E-state index contributed by atoms with van der Waals surface area (Å²) in [5, 5.41) is 8.48. The van der Waals surface area contributed by atoms with Crippen LogP contribution >= 0.6 is 0 Å². The molecule has 0 unspecified atom stereocenters. The van der Waals surface area contributed by atoms with E-state index in [4.69, 9.17) is 9.47 Å². The maximum absolute atomic E-state index is 5.76. The number of nitrogens with one attached hydrogen (secondary N) is 2. The Hall–Kier alpha value is -4.58. The minimum atomic E-state index is 0.452. The van der Waals surface area contributed by atoms with Crippen molar-refractivity contribution < 1.29 is 9.47 Å². The lowest BCUT2D eigenvalue weighted by Crippen LogP contribution is -2.09. The predicted molar refractivity (Wildman–Crippen MR) is 139 cm³/mol. The molecule has 0 heterocycles. The first-order valence-electron chi connectivity index (χ1n) is 11.0. The summed E-state index contributed by atoms with van der Waals surface area (Å²) in [4.78, 5) is 0. The second-order valence-corrected chi connectivity index (χ2v) is 7.31. The van der Waals surface area contributed by atoms with Gasteiger partial charge in [0.1, 0.15) is 24.7 Å². The van der Waals surface area contributed by atoms with E-state index in [1.165, 1.54) is 0 Å². The van der Waals surface area contributed by atoms with Gasteiger partial charge in [-0.15, -0.1) is 0 Å². The highest BCUT2D eigenvalue weighted by atomic mass is 16.5. The molecule has 170 valence electrons. The lowest BCUT2D eigenvalue weighted by atomic mass is 10.2. The molecule has 6 heteroatoms. The molecule has 0 aliphatic heterocycles. The molecular formula is C28H26N4O2. The van der Waals surface area contributed by atoms with Crippen molar-refractivity contribution in [3.05, 3.63) is 120 Å². The molecule has 0 saturated carbocycles. The van der Waals surface area contributed by atoms with E-state index >= 15 is 0 Å². The molecule has 4 aromatic rings. The molecule has 0 bridgehead atoms. The summed E-state index contributed by atoms with van der Waals surface area (Å²) in [6.07, 6.45) is 3.54. The van der Waals surface area contributed by atoms with Gasteiger partial charge in [0.05, 0.1) is 23.8 Å². The molecule has 0 saturated heterocycles. The minimum absolute atomic E-state index is 0.452. The predicted octanol–water partition coefficient (Wildman–Crippen LogP) is 6.04. The van der Waals surface area contributed by atoms with E-state index in [1.54, 1.807) is 12.4 Å². The first-order chi connectivity index (χ1) is 16.8. The molecule has 0 aliphatic rings. The average Bonchev–Trinajstić information content (AvgIpc) is 2.90. The van der Waals surface area contributed by atoms with Gasteiger partial charge in [-0.3, -0.25) is 10.9 Å². The molecule has 4 aromatic carbocycles. The molecule has 0 amide bonds. The van der Waals surface area contributed by atoms with Crippen LogP contribution in [-0.4, -0.2) is 25.6 Å². The molecular weight excluding hydrogens is 424 g/mol. The normalized spacial score (nSPS) is 10.9. The number of ether oxygens (including phenoxy) is 2. The third-order valence-electron chi connectivity index (χ3n) is 4.74. The van der Waals surface area contributed by atoms with Gasteiger partial charge in [-0.1, -0.05) is 36.4 Å². The molecule has 0 fully saturated rings. The summed E-state index contributed by atoms with van der Waals surface area (Å²) in [6, 6.07) is 35.1. The van der Waals surface area contributed by atoms with Crippen molar-refractivity contribution in [2.75, 3.05) is 24.1 Å². The van der Waals surface area contributed by atoms with E-state index in [2.05, 4.69) is 21.1 Å². The van der Waals surface area contributed by atoms with Crippen LogP contribution in [0.4, 0.5) is 11.4 Å². The number of nitrogens with zero attached hydrogens (tertiary/aromatic N) is 2. The fourth-order valence-corrected chi connectivity index (χ4v) is 3.01. The zero-order valence-electron chi connectivity index (χ0n) is 18.7. The van der Waals surface area contributed by atoms with Crippen LogP contribution in [0.2, 0.25) is 0 Å². The third kappa shape index (κ3) is 7.53. The van der Waals surface area contributed by atoms with Gasteiger partial charge in [0.25, 0.3) is 0 Å². The average molecular weight is 451 g/mol. The minimum Gasteiger partial charge on any atom is -0.490 e. The largest absolute Gasteiger partial charge is 0.490 e. The Balaban J connectivity index is 1.15. The summed E-state index contributed by atoms with van der Waals surface area (Å²) in [7, 11) is 0. The van der Waals surface area contributed by atoms with Crippen molar-refractivity contribution in [2.45, 2.75) is 0 Å². The van der Waals surface area contributed by atoms with Crippen LogP contribution in [0.3, 0.4) is 0 Å². The van der Waals surface area contributed by atoms with Crippen LogP contribution in [0, 0.1) is 0 Å². The molecule has 34 heavy (non-hydrogen) atoms. The molecule has 0 radical (unpaired) electrons. The van der Waals surface area contributed by atoms with Gasteiger partial charge in [-0.25, -0.2) is 0 Å². The van der Waals surface area contributed by atoms with Gasteiger partial charge < -0.3 is 9.47 Å². The number of para-hydroxylation sites is 2. The van der Waals surface area contributed by atoms with Crippen molar-refractivity contribution in [3.8, 4) is 11.5 Å². The fourth-order valence-electron chi connectivity index (χ4n) is 3.01. The molecule has 0 atom stereocenters. The summed E-state index contributed by atoms with van der Waals surface area (Å²) in [5.41, 5.74) is 9.85. The van der Waals surface area contributed by atoms with Crippen LogP contribution < -0.4 is 20.3 Å². The van der Waals surface area contributed by atoms with Crippen molar-refractivity contribution >= 4 is 23.8 Å². The van der Waals surface area contributed by atoms with Crippen molar-refractivity contribution in [1.29, 1.82) is 0 Å². The Labute approximate surface area is 199 Å². The van der Waals surface area contributed by atoms with E-state index in [9.17, 15) is 0 Å². The topological polar surface area (TPSA) is 67.2 Å². The van der Waals surface area contributed by atoms with Gasteiger partial charge in [0.2, 0.25) is 0 Å². The Morgan fingerprint density at radius 2 is 0.882 bits per heavy atom. The van der Waals surface area contributed by atoms with Crippen LogP contribution in [0.5, 0.6) is 11.5 Å². The summed E-state index contributed by atoms with van der Waals surface area (Å²) in [6.45, 7) is 0.903. The third-order valence-corrected chi connectivity index (χ3v) is 4.74. The zero-order valence-corrected chi connectivity index (χ0v) is 18.7. The zero-order chi connectivity index (χ0) is 23.3. The van der Waals surface area contributed by atoms with Crippen LogP contribution in [-0.2, 0) is 0 Å². The lowest BCUT2D eigenvalue weighted by molar-refractivity contribution is 0.217. The van der Waals surface area contributed by atoms with Gasteiger partial charge in [0.15, 0.2) is 0 Å². The van der Waals surface area contributed by atoms with E-state index in [-0.39, 0.29) is 0 Å². The fraction of sp³-hybridized carbons (Fsp3) is 0.0714. The standard InChI is InChI=1S/C28H26N4O2/c1-3-7-25(8-4-1)31-29-21-23-11-15-27(16-12-23)33-19-20-34-28-17-13-24(14-18-28)22-30-32-26-9-5-2-6-10-26/h1-18,21-22,31-32H,19-20H2. The Bertz CT molecular complexity index is 1080. The van der Waals surface area contributed by atoms with Crippen molar-refractivity contribution in [1.82, 2.24) is 0 Å². The quantitative estimate of drug-likeness (QED) is 0.166. The summed E-state index contributed by atoms with van der Waals surface area (Å²) in [5.74, 6) is 1.57. The molecule has 0 spiro atoms. The lowest BCUT2D eigenvalue weighted by Gasteiger charge is -2.09. The monoisotopic (exact) mass is 450 g/mol. The second kappa shape index (κ2) is 12.5. The van der Waals surface area contributed by atoms with E-state index in [0.29, 0.717) is 13.2 Å². The van der Waals surface area contributed by atoms with Crippen molar-refractivity contribution in [2.24, 2.45) is 10.2 Å². The maximum atomic E-state index is 5.76. The number of hydrazone groups is 2. The van der Waals surface area contributed by atoms with Gasteiger partial charge in [-0.2, -0.15) is 10.2 Å². The molecule has 2 N–H and O–H groups in total. The first kappa shape index (κ1) is 22.6. The van der Waals surface area contributed by atoms with E-state index in [1.807, 2.05) is 109 Å². The molecule has 6 nitrogen and oxygen atoms in total. The summed E-state index contributed by atoms with van der Waals surface area (Å²) >= 11 is 0. The highest BCUT2D eigenvalue weighted by Gasteiger charge is 1.97. The van der Waals surface area contributed by atoms with E-state index < -0.39 is 0 Å². The van der Waals surface area contributed by atoms with Gasteiger partial charge in [-0.05, 0) is 83.9 Å². The smallest absolute Gasteiger partial charge is 0.122 e. The number of hydrogen-bond acceptors (Lipinski definition) is 6. The highest BCUT2D eigenvalue weighted by Crippen LogP contribution is 2.14. The number of rotatable bonds is 11.